The van der Waals surface area contributed by atoms with Gasteiger partial charge in [-0.15, -0.1) is 0 Å². The number of halogens is 3. The third-order valence-electron chi connectivity index (χ3n) is 5.06. The molecule has 0 bridgehead atoms. The van der Waals surface area contributed by atoms with Crippen molar-refractivity contribution < 1.29 is 18.0 Å². The molecule has 2 N–H and O–H groups in total. The van der Waals surface area contributed by atoms with Gasteiger partial charge in [-0.05, 0) is 56.7 Å². The van der Waals surface area contributed by atoms with Gasteiger partial charge < -0.3 is 10.6 Å². The zero-order valence-corrected chi connectivity index (χ0v) is 13.8. The van der Waals surface area contributed by atoms with Crippen molar-refractivity contribution >= 4 is 5.91 Å². The highest BCUT2D eigenvalue weighted by Gasteiger charge is 2.34. The molecule has 23 heavy (non-hydrogen) atoms. The van der Waals surface area contributed by atoms with Crippen LogP contribution in [0, 0.1) is 17.8 Å². The molecule has 2 heterocycles. The summed E-state index contributed by atoms with van der Waals surface area (Å²) in [7, 11) is 0. The number of hydrogen-bond acceptors (Lipinski definition) is 3. The molecule has 2 aliphatic heterocycles. The van der Waals surface area contributed by atoms with E-state index in [2.05, 4.69) is 17.6 Å². The number of carbonyl (C=O) groups excluding carboxylic acids is 1. The Balaban J connectivity index is 1.63. The second-order valence-electron chi connectivity index (χ2n) is 7.08. The summed E-state index contributed by atoms with van der Waals surface area (Å²) in [5, 5.41) is 6.24. The van der Waals surface area contributed by atoms with E-state index in [1.807, 2.05) is 0 Å². The highest BCUT2D eigenvalue weighted by Crippen LogP contribution is 2.25. The van der Waals surface area contributed by atoms with E-state index in [-0.39, 0.29) is 11.8 Å². The van der Waals surface area contributed by atoms with E-state index in [1.54, 1.807) is 0 Å². The first-order chi connectivity index (χ1) is 10.8. The molecule has 4 nitrogen and oxygen atoms in total. The van der Waals surface area contributed by atoms with Crippen LogP contribution in [-0.2, 0) is 4.79 Å². The summed E-state index contributed by atoms with van der Waals surface area (Å²) in [5.74, 6) is 1.12. The molecule has 2 saturated heterocycles. The van der Waals surface area contributed by atoms with Crippen LogP contribution in [0.3, 0.4) is 0 Å². The smallest absolute Gasteiger partial charge is 0.356 e. The molecule has 0 aromatic carbocycles. The summed E-state index contributed by atoms with van der Waals surface area (Å²) in [6.45, 7) is 4.70. The summed E-state index contributed by atoms with van der Waals surface area (Å²) in [5.41, 5.74) is 0. The fourth-order valence-corrected chi connectivity index (χ4v) is 3.68. The number of likely N-dealkylation sites (tertiary alicyclic amines) is 1. The minimum Gasteiger partial charge on any atom is -0.356 e. The maximum atomic E-state index is 12.4. The Bertz CT molecular complexity index is 383. The monoisotopic (exact) mass is 335 g/mol. The second kappa shape index (κ2) is 8.33. The molecule has 0 aromatic heterocycles. The molecule has 2 rings (SSSR count). The molecule has 2 fully saturated rings. The van der Waals surface area contributed by atoms with E-state index in [0.717, 1.165) is 32.4 Å². The van der Waals surface area contributed by atoms with Crippen LogP contribution in [-0.4, -0.2) is 56.3 Å². The van der Waals surface area contributed by atoms with E-state index in [9.17, 15) is 18.0 Å². The van der Waals surface area contributed by atoms with Crippen LogP contribution in [0.25, 0.3) is 0 Å². The SMILES string of the molecule is CC(CC(=O)NCC1CCN(CC(F)(F)F)C1)C1CCNCC1. The number of nitrogens with one attached hydrogen (secondary N) is 2. The van der Waals surface area contributed by atoms with Crippen molar-refractivity contribution in [2.75, 3.05) is 39.3 Å². The van der Waals surface area contributed by atoms with Crippen LogP contribution in [0.5, 0.6) is 0 Å². The number of nitrogens with zero attached hydrogens (tertiary/aromatic N) is 1. The van der Waals surface area contributed by atoms with Gasteiger partial charge in [0.05, 0.1) is 6.54 Å². The number of rotatable bonds is 6. The third-order valence-corrected chi connectivity index (χ3v) is 5.06. The molecule has 1 amide bonds. The van der Waals surface area contributed by atoms with Gasteiger partial charge in [0.2, 0.25) is 5.91 Å². The van der Waals surface area contributed by atoms with Crippen molar-refractivity contribution in [1.82, 2.24) is 15.5 Å². The zero-order chi connectivity index (χ0) is 16.9. The first kappa shape index (κ1) is 18.5. The highest BCUT2D eigenvalue weighted by atomic mass is 19.4. The van der Waals surface area contributed by atoms with E-state index in [1.165, 1.54) is 4.90 Å². The van der Waals surface area contributed by atoms with Gasteiger partial charge in [0.1, 0.15) is 0 Å². The third kappa shape index (κ3) is 6.67. The molecule has 0 aromatic rings. The van der Waals surface area contributed by atoms with Crippen molar-refractivity contribution in [2.45, 2.75) is 38.8 Å². The average Bonchev–Trinajstić information content (AvgIpc) is 2.91. The minimum absolute atomic E-state index is 0.0327. The van der Waals surface area contributed by atoms with Crippen molar-refractivity contribution in [3.8, 4) is 0 Å². The molecule has 2 atom stereocenters. The predicted octanol–water partition coefficient (Wildman–Crippen LogP) is 2.01. The lowest BCUT2D eigenvalue weighted by Crippen LogP contribution is -2.36. The summed E-state index contributed by atoms with van der Waals surface area (Å²) in [4.78, 5) is 13.5. The first-order valence-corrected chi connectivity index (χ1v) is 8.60. The number of piperidine rings is 1. The van der Waals surface area contributed by atoms with E-state index in [0.29, 0.717) is 37.9 Å². The lowest BCUT2D eigenvalue weighted by Gasteiger charge is -2.28. The van der Waals surface area contributed by atoms with E-state index >= 15 is 0 Å². The average molecular weight is 335 g/mol. The second-order valence-corrected chi connectivity index (χ2v) is 7.08. The Morgan fingerprint density at radius 3 is 2.65 bits per heavy atom. The Labute approximate surface area is 136 Å². The Hall–Kier alpha value is -0.820. The van der Waals surface area contributed by atoms with Crippen molar-refractivity contribution in [3.05, 3.63) is 0 Å². The van der Waals surface area contributed by atoms with Crippen LogP contribution in [0.1, 0.15) is 32.6 Å². The fourth-order valence-electron chi connectivity index (χ4n) is 3.68. The maximum absolute atomic E-state index is 12.4. The summed E-state index contributed by atoms with van der Waals surface area (Å²) < 4.78 is 37.1. The fraction of sp³-hybridized carbons (Fsp3) is 0.938. The van der Waals surface area contributed by atoms with Crippen LogP contribution < -0.4 is 10.6 Å². The summed E-state index contributed by atoms with van der Waals surface area (Å²) in [6, 6.07) is 0. The van der Waals surface area contributed by atoms with Crippen LogP contribution in [0.4, 0.5) is 13.2 Å². The number of amides is 1. The van der Waals surface area contributed by atoms with Crippen molar-refractivity contribution in [3.63, 3.8) is 0 Å². The standard InChI is InChI=1S/C16H28F3N3O/c1-12(14-2-5-20-6-3-14)8-15(23)21-9-13-4-7-22(10-13)11-16(17,18)19/h12-14,20H,2-11H2,1H3,(H,21,23). The Kier molecular flexibility index (Phi) is 6.71. The Morgan fingerprint density at radius 2 is 2.00 bits per heavy atom. The lowest BCUT2D eigenvalue weighted by atomic mass is 9.84. The lowest BCUT2D eigenvalue weighted by molar-refractivity contribution is -0.143. The predicted molar refractivity (Wildman–Crippen MR) is 83.0 cm³/mol. The van der Waals surface area contributed by atoms with Gasteiger partial charge in [-0.2, -0.15) is 13.2 Å². The molecular weight excluding hydrogens is 307 g/mol. The van der Waals surface area contributed by atoms with Gasteiger partial charge in [0, 0.05) is 19.5 Å². The molecule has 2 unspecified atom stereocenters. The topological polar surface area (TPSA) is 44.4 Å². The van der Waals surface area contributed by atoms with Crippen LogP contribution in [0.15, 0.2) is 0 Å². The van der Waals surface area contributed by atoms with Gasteiger partial charge >= 0.3 is 6.18 Å². The molecule has 134 valence electrons. The molecular formula is C16H28F3N3O. The summed E-state index contributed by atoms with van der Waals surface area (Å²) in [6.07, 6.45) is -0.667. The number of carbonyl (C=O) groups is 1. The molecule has 7 heteroatoms. The number of hydrogen-bond donors (Lipinski definition) is 2. The first-order valence-electron chi connectivity index (χ1n) is 8.60. The van der Waals surface area contributed by atoms with Crippen LogP contribution in [0.2, 0.25) is 0 Å². The molecule has 0 aliphatic carbocycles. The molecule has 0 spiro atoms. The number of alkyl halides is 3. The highest BCUT2D eigenvalue weighted by molar-refractivity contribution is 5.76. The zero-order valence-electron chi connectivity index (χ0n) is 13.8. The van der Waals surface area contributed by atoms with Gasteiger partial charge in [-0.3, -0.25) is 9.69 Å². The molecule has 2 aliphatic rings. The quantitative estimate of drug-likeness (QED) is 0.780. The van der Waals surface area contributed by atoms with E-state index in [4.69, 9.17) is 0 Å². The van der Waals surface area contributed by atoms with Crippen molar-refractivity contribution in [2.24, 2.45) is 17.8 Å². The normalized spacial score (nSPS) is 25.5. The largest absolute Gasteiger partial charge is 0.401 e. The van der Waals surface area contributed by atoms with Crippen LogP contribution >= 0.6 is 0 Å². The summed E-state index contributed by atoms with van der Waals surface area (Å²) >= 11 is 0. The van der Waals surface area contributed by atoms with E-state index < -0.39 is 12.7 Å². The van der Waals surface area contributed by atoms with Gasteiger partial charge in [0.25, 0.3) is 0 Å². The Morgan fingerprint density at radius 1 is 1.30 bits per heavy atom. The van der Waals surface area contributed by atoms with Gasteiger partial charge in [0.15, 0.2) is 0 Å². The minimum atomic E-state index is -4.14. The maximum Gasteiger partial charge on any atom is 0.401 e. The van der Waals surface area contributed by atoms with Gasteiger partial charge in [-0.1, -0.05) is 6.92 Å². The molecule has 0 saturated carbocycles. The van der Waals surface area contributed by atoms with Crippen molar-refractivity contribution in [1.29, 1.82) is 0 Å². The molecule has 0 radical (unpaired) electrons. The van der Waals surface area contributed by atoms with Gasteiger partial charge in [-0.25, -0.2) is 0 Å².